The highest BCUT2D eigenvalue weighted by Gasteiger charge is 2.43. The van der Waals surface area contributed by atoms with E-state index in [1.54, 1.807) is 0 Å². The number of ether oxygens (including phenoxy) is 1. The second kappa shape index (κ2) is 9.84. The average Bonchev–Trinajstić information content (AvgIpc) is 3.04. The number of hydrogen-bond donors (Lipinski definition) is 1. The Labute approximate surface area is 208 Å². The predicted octanol–water partition coefficient (Wildman–Crippen LogP) is 6.83. The van der Waals surface area contributed by atoms with Gasteiger partial charge in [-0.1, -0.05) is 13.0 Å². The Morgan fingerprint density at radius 3 is 2.33 bits per heavy atom. The van der Waals surface area contributed by atoms with Crippen molar-refractivity contribution in [2.75, 3.05) is 6.54 Å². The molecule has 2 bridgehead atoms. The van der Waals surface area contributed by atoms with E-state index in [2.05, 4.69) is 11.8 Å². The second-order valence-electron chi connectivity index (χ2n) is 11.0. The van der Waals surface area contributed by atoms with E-state index in [1.807, 2.05) is 0 Å². The summed E-state index contributed by atoms with van der Waals surface area (Å²) in [5, 5.41) is 9.56. The van der Waals surface area contributed by atoms with E-state index in [0.717, 1.165) is 38.5 Å². The number of carbonyl (C=O) groups is 1. The van der Waals surface area contributed by atoms with E-state index in [9.17, 15) is 27.5 Å². The van der Waals surface area contributed by atoms with Gasteiger partial charge in [0.05, 0.1) is 12.0 Å². The summed E-state index contributed by atoms with van der Waals surface area (Å²) in [5.41, 5.74) is -0.585. The number of rotatable bonds is 6. The third-order valence-corrected chi connectivity index (χ3v) is 8.56. The molecule has 1 saturated carbocycles. The van der Waals surface area contributed by atoms with Crippen LogP contribution in [0, 0.1) is 17.7 Å². The van der Waals surface area contributed by atoms with Gasteiger partial charge in [-0.25, -0.2) is 4.39 Å². The molecular formula is C28H33F4NO3. The zero-order valence-electron chi connectivity index (χ0n) is 20.5. The maximum absolute atomic E-state index is 15.0. The van der Waals surface area contributed by atoms with Crippen LogP contribution in [0.25, 0.3) is 10.8 Å². The minimum absolute atomic E-state index is 0.0341. The zero-order chi connectivity index (χ0) is 25.6. The number of piperidine rings is 1. The quantitative estimate of drug-likeness (QED) is 0.436. The Balaban J connectivity index is 1.40. The molecule has 0 radical (unpaired) electrons. The molecule has 2 atom stereocenters. The summed E-state index contributed by atoms with van der Waals surface area (Å²) in [6, 6.07) is 5.64. The standard InChI is InChI=1S/C28H33F4NO3/c1-16-2-7-22(8-3-16)36-25-9-4-17-15-24(29)18(14-23(17)26(25)28(30,31)32)10-11-33-20-5-6-21(33)13-19(12-20)27(34)35/h4,9,14-16,19-22H,2-3,5-8,10-13H2,1H3,(H,34,35)/t16-,19?,20?,21?,22+. The van der Waals surface area contributed by atoms with E-state index in [0.29, 0.717) is 25.3 Å². The summed E-state index contributed by atoms with van der Waals surface area (Å²) >= 11 is 0. The Bertz CT molecular complexity index is 1110. The number of alkyl halides is 3. The zero-order valence-corrected chi connectivity index (χ0v) is 20.5. The maximum atomic E-state index is 15.0. The van der Waals surface area contributed by atoms with Crippen LogP contribution in [0.2, 0.25) is 0 Å². The molecule has 4 nitrogen and oxygen atoms in total. The van der Waals surface area contributed by atoms with Gasteiger partial charge in [0.1, 0.15) is 17.1 Å². The highest BCUT2D eigenvalue weighted by Crippen LogP contribution is 2.44. The first-order chi connectivity index (χ1) is 17.1. The van der Waals surface area contributed by atoms with Gasteiger partial charge in [-0.3, -0.25) is 9.69 Å². The maximum Gasteiger partial charge on any atom is 0.420 e. The Kier molecular flexibility index (Phi) is 6.92. The monoisotopic (exact) mass is 507 g/mol. The van der Waals surface area contributed by atoms with Gasteiger partial charge in [0.2, 0.25) is 0 Å². The smallest absolute Gasteiger partial charge is 0.420 e. The summed E-state index contributed by atoms with van der Waals surface area (Å²) in [6.07, 6.45) is 1.68. The molecule has 2 aromatic rings. The fourth-order valence-electron chi connectivity index (χ4n) is 6.57. The number of carboxylic acids is 1. The molecule has 1 N–H and O–H groups in total. The first kappa shape index (κ1) is 25.3. The third-order valence-electron chi connectivity index (χ3n) is 8.56. The largest absolute Gasteiger partial charge is 0.490 e. The van der Waals surface area contributed by atoms with Gasteiger partial charge in [0, 0.05) is 18.6 Å². The minimum Gasteiger partial charge on any atom is -0.490 e. The van der Waals surface area contributed by atoms with Crippen LogP contribution < -0.4 is 4.74 Å². The Morgan fingerprint density at radius 2 is 1.72 bits per heavy atom. The Morgan fingerprint density at radius 1 is 1.06 bits per heavy atom. The van der Waals surface area contributed by atoms with Crippen molar-refractivity contribution >= 4 is 16.7 Å². The van der Waals surface area contributed by atoms with Crippen molar-refractivity contribution in [3.63, 3.8) is 0 Å². The molecule has 3 fully saturated rings. The van der Waals surface area contributed by atoms with Crippen LogP contribution >= 0.6 is 0 Å². The fourth-order valence-corrected chi connectivity index (χ4v) is 6.57. The van der Waals surface area contributed by atoms with E-state index in [4.69, 9.17) is 4.74 Å². The van der Waals surface area contributed by atoms with Crippen LogP contribution in [0.3, 0.4) is 0 Å². The van der Waals surface area contributed by atoms with Gasteiger partial charge in [0.15, 0.2) is 0 Å². The summed E-state index contributed by atoms with van der Waals surface area (Å²) in [5.74, 6) is -1.26. The van der Waals surface area contributed by atoms with Crippen molar-refractivity contribution in [1.82, 2.24) is 4.90 Å². The number of carboxylic acid groups (broad SMARTS) is 1. The molecule has 2 unspecified atom stereocenters. The van der Waals surface area contributed by atoms with E-state index in [1.165, 1.54) is 24.3 Å². The average molecular weight is 508 g/mol. The molecule has 8 heteroatoms. The molecule has 0 aromatic heterocycles. The number of benzene rings is 2. The number of halogens is 4. The normalized spacial score (nSPS) is 29.0. The van der Waals surface area contributed by atoms with Gasteiger partial charge in [-0.2, -0.15) is 13.2 Å². The molecule has 0 amide bonds. The number of fused-ring (bicyclic) bond motifs is 3. The van der Waals surface area contributed by atoms with Crippen LogP contribution in [0.5, 0.6) is 5.75 Å². The summed E-state index contributed by atoms with van der Waals surface area (Å²) in [7, 11) is 0. The van der Waals surface area contributed by atoms with Crippen molar-refractivity contribution in [2.24, 2.45) is 11.8 Å². The first-order valence-electron chi connectivity index (χ1n) is 13.1. The van der Waals surface area contributed by atoms with Crippen molar-refractivity contribution in [2.45, 2.75) is 89.1 Å². The molecule has 1 aliphatic carbocycles. The van der Waals surface area contributed by atoms with E-state index >= 15 is 0 Å². The van der Waals surface area contributed by atoms with Gasteiger partial charge in [-0.15, -0.1) is 0 Å². The van der Waals surface area contributed by atoms with E-state index in [-0.39, 0.29) is 52.6 Å². The molecular weight excluding hydrogens is 474 g/mol. The van der Waals surface area contributed by atoms with Crippen molar-refractivity contribution in [3.05, 3.63) is 41.2 Å². The fraction of sp³-hybridized carbons (Fsp3) is 0.607. The first-order valence-corrected chi connectivity index (χ1v) is 13.1. The van der Waals surface area contributed by atoms with E-state index < -0.39 is 23.5 Å². The lowest BCUT2D eigenvalue weighted by Gasteiger charge is -2.37. The summed E-state index contributed by atoms with van der Waals surface area (Å²) in [6.45, 7) is 2.64. The molecule has 196 valence electrons. The molecule has 2 saturated heterocycles. The molecule has 3 aliphatic rings. The van der Waals surface area contributed by atoms with Crippen LogP contribution in [-0.2, 0) is 17.4 Å². The van der Waals surface area contributed by atoms with Gasteiger partial charge >= 0.3 is 12.1 Å². The van der Waals surface area contributed by atoms with Crippen LogP contribution in [0.1, 0.15) is 69.4 Å². The van der Waals surface area contributed by atoms with Gasteiger partial charge in [-0.05, 0) is 98.2 Å². The van der Waals surface area contributed by atoms with Crippen molar-refractivity contribution in [1.29, 1.82) is 0 Å². The molecule has 36 heavy (non-hydrogen) atoms. The van der Waals surface area contributed by atoms with Crippen LogP contribution in [0.15, 0.2) is 24.3 Å². The number of nitrogens with zero attached hydrogens (tertiary/aromatic N) is 1. The van der Waals surface area contributed by atoms with Crippen LogP contribution in [-0.4, -0.2) is 40.7 Å². The lowest BCUT2D eigenvalue weighted by Crippen LogP contribution is -2.45. The second-order valence-corrected chi connectivity index (χ2v) is 11.0. The number of hydrogen-bond acceptors (Lipinski definition) is 3. The molecule has 0 spiro atoms. The molecule has 5 rings (SSSR count). The highest BCUT2D eigenvalue weighted by atomic mass is 19.4. The predicted molar refractivity (Wildman–Crippen MR) is 129 cm³/mol. The van der Waals surface area contributed by atoms with Gasteiger partial charge < -0.3 is 9.84 Å². The topological polar surface area (TPSA) is 49.8 Å². The highest BCUT2D eigenvalue weighted by molar-refractivity contribution is 5.89. The molecule has 2 aromatic carbocycles. The summed E-state index contributed by atoms with van der Waals surface area (Å²) < 4.78 is 63.7. The molecule has 2 heterocycles. The minimum atomic E-state index is -4.64. The van der Waals surface area contributed by atoms with Gasteiger partial charge in [0.25, 0.3) is 0 Å². The van der Waals surface area contributed by atoms with Crippen molar-refractivity contribution in [3.8, 4) is 5.75 Å². The SMILES string of the molecule is C[C@H]1CC[C@@H](Oc2ccc3cc(F)c(CCN4C5CCC4CC(C(=O)O)C5)cc3c2C(F)(F)F)CC1. The number of aliphatic carboxylic acids is 1. The molecule has 2 aliphatic heterocycles. The summed E-state index contributed by atoms with van der Waals surface area (Å²) in [4.78, 5) is 13.7. The van der Waals surface area contributed by atoms with Crippen LogP contribution in [0.4, 0.5) is 17.6 Å². The third kappa shape index (κ3) is 5.06. The lowest BCUT2D eigenvalue weighted by atomic mass is 9.89. The Hall–Kier alpha value is -2.35. The van der Waals surface area contributed by atoms with Crippen molar-refractivity contribution < 1.29 is 32.2 Å². The lowest BCUT2D eigenvalue weighted by molar-refractivity contribution is -0.144.